The van der Waals surface area contributed by atoms with Crippen molar-refractivity contribution >= 4 is 11.7 Å². The van der Waals surface area contributed by atoms with E-state index < -0.39 is 16.8 Å². The molecule has 2 heterocycles. The van der Waals surface area contributed by atoms with Crippen LogP contribution in [0.4, 0.5) is 5.69 Å². The van der Waals surface area contributed by atoms with Gasteiger partial charge in [0.25, 0.3) is 5.69 Å². The number of aromatic amines is 1. The van der Waals surface area contributed by atoms with Crippen molar-refractivity contribution in [3.8, 4) is 23.2 Å². The first-order valence-corrected chi connectivity index (χ1v) is 9.03. The van der Waals surface area contributed by atoms with Gasteiger partial charge in [-0.3, -0.25) is 15.2 Å². The van der Waals surface area contributed by atoms with E-state index in [0.29, 0.717) is 27.9 Å². The summed E-state index contributed by atoms with van der Waals surface area (Å²) in [5.41, 5.74) is 8.50. The van der Waals surface area contributed by atoms with Crippen LogP contribution in [0.3, 0.4) is 0 Å². The van der Waals surface area contributed by atoms with E-state index in [2.05, 4.69) is 16.3 Å². The van der Waals surface area contributed by atoms with Crippen molar-refractivity contribution in [2.75, 3.05) is 7.11 Å². The Bertz CT molecular complexity index is 1270. The summed E-state index contributed by atoms with van der Waals surface area (Å²) in [6.45, 7) is 0. The zero-order valence-corrected chi connectivity index (χ0v) is 16.2. The molecule has 0 amide bonds. The van der Waals surface area contributed by atoms with Gasteiger partial charge in [-0.05, 0) is 17.7 Å². The summed E-state index contributed by atoms with van der Waals surface area (Å²) >= 11 is 0. The number of rotatable bonds is 4. The summed E-state index contributed by atoms with van der Waals surface area (Å²) in [4.78, 5) is 22.5. The van der Waals surface area contributed by atoms with Gasteiger partial charge in [-0.2, -0.15) is 5.26 Å². The number of nitriles is 1. The fraction of sp³-hybridized carbons (Fsp3) is 0.0952. The SMILES string of the molecule is COC(=O)c1ccc([C@@H]2C(C#N)=C(N)Oc3n[nH]c(-c4cccc([N+](=O)[O-])c4)c32)cc1. The number of methoxy groups -OCH3 is 1. The van der Waals surface area contributed by atoms with Crippen LogP contribution in [0.15, 0.2) is 60.0 Å². The quantitative estimate of drug-likeness (QED) is 0.372. The molecule has 0 radical (unpaired) electrons. The number of hydrogen-bond acceptors (Lipinski definition) is 8. The number of hydrogen-bond donors (Lipinski definition) is 2. The van der Waals surface area contributed by atoms with Gasteiger partial charge < -0.3 is 15.2 Å². The Hall–Kier alpha value is -4.65. The molecule has 0 unspecified atom stereocenters. The number of aromatic nitrogens is 2. The lowest BCUT2D eigenvalue weighted by atomic mass is 9.82. The molecule has 0 fully saturated rings. The maximum absolute atomic E-state index is 11.8. The molecule has 154 valence electrons. The number of benzene rings is 2. The summed E-state index contributed by atoms with van der Waals surface area (Å²) in [5.74, 6) is -1.07. The zero-order valence-electron chi connectivity index (χ0n) is 16.2. The number of allylic oxidation sites excluding steroid dienone is 1. The summed E-state index contributed by atoms with van der Waals surface area (Å²) in [6, 6.07) is 14.6. The Labute approximate surface area is 175 Å². The van der Waals surface area contributed by atoms with Gasteiger partial charge >= 0.3 is 5.97 Å². The minimum atomic E-state index is -0.659. The number of ether oxygens (including phenoxy) is 2. The van der Waals surface area contributed by atoms with Gasteiger partial charge in [0, 0.05) is 17.7 Å². The fourth-order valence-electron chi connectivity index (χ4n) is 3.50. The second-order valence-electron chi connectivity index (χ2n) is 6.66. The summed E-state index contributed by atoms with van der Waals surface area (Å²) in [6.07, 6.45) is 0. The molecule has 0 saturated carbocycles. The van der Waals surface area contributed by atoms with Crippen LogP contribution in [0.25, 0.3) is 11.3 Å². The molecule has 1 aliphatic rings. The topological polar surface area (TPSA) is 157 Å². The number of carbonyl (C=O) groups excluding carboxylic acids is 1. The third-order valence-electron chi connectivity index (χ3n) is 4.95. The monoisotopic (exact) mass is 417 g/mol. The number of H-pyrrole nitrogens is 1. The van der Waals surface area contributed by atoms with Gasteiger partial charge in [-0.25, -0.2) is 4.79 Å². The lowest BCUT2D eigenvalue weighted by Crippen LogP contribution is -2.21. The first kappa shape index (κ1) is 19.7. The van der Waals surface area contributed by atoms with Crippen molar-refractivity contribution < 1.29 is 19.2 Å². The minimum Gasteiger partial charge on any atom is -0.465 e. The number of esters is 1. The lowest BCUT2D eigenvalue weighted by Gasteiger charge is -2.24. The standard InChI is InChI=1S/C21H15N5O5/c1-30-21(27)12-7-5-11(6-8-12)16-15(10-22)19(23)31-20-17(16)18(24-25-20)13-3-2-4-14(9-13)26(28)29/h2-9,16H,23H2,1H3,(H,24,25)/t16-/m1/s1. The molecule has 3 N–H and O–H groups in total. The van der Waals surface area contributed by atoms with Gasteiger partial charge in [-0.15, -0.1) is 5.10 Å². The van der Waals surface area contributed by atoms with Gasteiger partial charge in [-0.1, -0.05) is 24.3 Å². The van der Waals surface area contributed by atoms with Gasteiger partial charge in [0.2, 0.25) is 11.8 Å². The van der Waals surface area contributed by atoms with Gasteiger partial charge in [0.05, 0.1) is 34.8 Å². The number of nitrogens with one attached hydrogen (secondary N) is 1. The van der Waals surface area contributed by atoms with Crippen LogP contribution in [0.2, 0.25) is 0 Å². The van der Waals surface area contributed by atoms with E-state index in [1.807, 2.05) is 0 Å². The number of fused-ring (bicyclic) bond motifs is 1. The summed E-state index contributed by atoms with van der Waals surface area (Å²) < 4.78 is 10.3. The molecule has 10 nitrogen and oxygen atoms in total. The summed E-state index contributed by atoms with van der Waals surface area (Å²) in [5, 5.41) is 27.9. The number of nitro groups is 1. The van der Waals surface area contributed by atoms with E-state index >= 15 is 0 Å². The number of non-ortho nitro benzene ring substituents is 1. The average Bonchev–Trinajstić information content (AvgIpc) is 3.21. The van der Waals surface area contributed by atoms with Crippen molar-refractivity contribution in [3.05, 3.63) is 86.8 Å². The van der Waals surface area contributed by atoms with E-state index in [1.165, 1.54) is 19.2 Å². The molecule has 1 aromatic heterocycles. The van der Waals surface area contributed by atoms with E-state index in [4.69, 9.17) is 15.2 Å². The predicted octanol–water partition coefficient (Wildman–Crippen LogP) is 2.99. The zero-order chi connectivity index (χ0) is 22.1. The van der Waals surface area contributed by atoms with Crippen LogP contribution >= 0.6 is 0 Å². The Balaban J connectivity index is 1.88. The molecule has 2 aromatic carbocycles. The van der Waals surface area contributed by atoms with Crippen LogP contribution in [-0.2, 0) is 4.74 Å². The largest absolute Gasteiger partial charge is 0.465 e. The van der Waals surface area contributed by atoms with Crippen molar-refractivity contribution in [2.24, 2.45) is 5.73 Å². The van der Waals surface area contributed by atoms with Crippen LogP contribution in [0.5, 0.6) is 5.88 Å². The maximum atomic E-state index is 11.8. The van der Waals surface area contributed by atoms with Gasteiger partial charge in [0.15, 0.2) is 0 Å². The van der Waals surface area contributed by atoms with Crippen LogP contribution in [-0.4, -0.2) is 28.2 Å². The van der Waals surface area contributed by atoms with E-state index in [9.17, 15) is 20.2 Å². The molecule has 31 heavy (non-hydrogen) atoms. The molecule has 1 aliphatic heterocycles. The third kappa shape index (κ3) is 3.34. The molecule has 1 atom stereocenters. The normalized spacial score (nSPS) is 14.9. The third-order valence-corrected chi connectivity index (χ3v) is 4.95. The van der Waals surface area contributed by atoms with Crippen LogP contribution in [0, 0.1) is 21.4 Å². The maximum Gasteiger partial charge on any atom is 0.337 e. The number of nitrogens with two attached hydrogens (primary N) is 1. The Morgan fingerprint density at radius 3 is 2.71 bits per heavy atom. The highest BCUT2D eigenvalue weighted by atomic mass is 16.6. The fourth-order valence-corrected chi connectivity index (χ4v) is 3.50. The highest BCUT2D eigenvalue weighted by molar-refractivity contribution is 5.89. The average molecular weight is 417 g/mol. The van der Waals surface area contributed by atoms with Crippen molar-refractivity contribution in [2.45, 2.75) is 5.92 Å². The predicted molar refractivity (Wildman–Crippen MR) is 108 cm³/mol. The van der Waals surface area contributed by atoms with Crippen molar-refractivity contribution in [1.29, 1.82) is 5.26 Å². The van der Waals surface area contributed by atoms with E-state index in [0.717, 1.165) is 0 Å². The van der Waals surface area contributed by atoms with E-state index in [1.54, 1.807) is 36.4 Å². The molecule has 0 aliphatic carbocycles. The Morgan fingerprint density at radius 2 is 2.06 bits per heavy atom. The first-order chi connectivity index (χ1) is 14.9. The second-order valence-corrected chi connectivity index (χ2v) is 6.66. The molecule has 10 heteroatoms. The van der Waals surface area contributed by atoms with Crippen LogP contribution < -0.4 is 10.5 Å². The van der Waals surface area contributed by atoms with E-state index in [-0.39, 0.29) is 23.0 Å². The minimum absolute atomic E-state index is 0.0888. The molecule has 4 rings (SSSR count). The van der Waals surface area contributed by atoms with Crippen molar-refractivity contribution in [3.63, 3.8) is 0 Å². The van der Waals surface area contributed by atoms with Gasteiger partial charge in [0.1, 0.15) is 11.6 Å². The van der Waals surface area contributed by atoms with Crippen molar-refractivity contribution in [1.82, 2.24) is 10.2 Å². The number of nitro benzene ring substituents is 1. The smallest absolute Gasteiger partial charge is 0.337 e. The first-order valence-electron chi connectivity index (χ1n) is 9.03. The second kappa shape index (κ2) is 7.64. The molecule has 0 bridgehead atoms. The Morgan fingerprint density at radius 1 is 1.32 bits per heavy atom. The van der Waals surface area contributed by atoms with Crippen LogP contribution in [0.1, 0.15) is 27.4 Å². The molecular weight excluding hydrogens is 402 g/mol. The Kier molecular flexibility index (Phi) is 4.85. The highest BCUT2D eigenvalue weighted by Gasteiger charge is 2.35. The lowest BCUT2D eigenvalue weighted by molar-refractivity contribution is -0.384. The highest BCUT2D eigenvalue weighted by Crippen LogP contribution is 2.45. The number of nitrogens with zero attached hydrogens (tertiary/aromatic N) is 3. The molecule has 0 saturated heterocycles. The summed E-state index contributed by atoms with van der Waals surface area (Å²) in [7, 11) is 1.29. The molecular formula is C21H15N5O5. The number of carbonyl (C=O) groups is 1. The molecule has 3 aromatic rings. The molecule has 0 spiro atoms.